The van der Waals surface area contributed by atoms with Crippen molar-refractivity contribution in [3.05, 3.63) is 48.7 Å². The zero-order valence-corrected chi connectivity index (χ0v) is 17.1. The van der Waals surface area contributed by atoms with Gasteiger partial charge in [0, 0.05) is 35.9 Å². The standard InChI is InChI=1S/C23H28N2O4/c1-4-15-14-25-11-9-16(15)12-21(25)22(29-23(26)28-5-2)18-8-10-24-20-7-6-17(27-3)13-19(18)20/h4,6-8,10,13,15-16,21-22H,1,5,9,11-12,14H2,2-3H3/p+1/t15-,16-,21-,22+/m0/s1. The van der Waals surface area contributed by atoms with Crippen LogP contribution in [-0.4, -0.2) is 44.0 Å². The van der Waals surface area contributed by atoms with E-state index in [4.69, 9.17) is 14.2 Å². The van der Waals surface area contributed by atoms with Crippen molar-refractivity contribution in [2.75, 3.05) is 26.8 Å². The molecule has 3 aliphatic rings. The molecule has 0 amide bonds. The third-order valence-corrected chi connectivity index (χ3v) is 6.46. The number of fused-ring (bicyclic) bond motifs is 4. The molecule has 29 heavy (non-hydrogen) atoms. The van der Waals surface area contributed by atoms with Crippen molar-refractivity contribution in [1.82, 2.24) is 4.98 Å². The predicted molar refractivity (Wildman–Crippen MR) is 110 cm³/mol. The van der Waals surface area contributed by atoms with E-state index in [1.807, 2.05) is 24.3 Å². The van der Waals surface area contributed by atoms with Gasteiger partial charge in [0.25, 0.3) is 0 Å². The quantitative estimate of drug-likeness (QED) is 0.600. The second kappa shape index (κ2) is 8.41. The fourth-order valence-corrected chi connectivity index (χ4v) is 5.03. The highest BCUT2D eigenvalue weighted by Gasteiger charge is 2.47. The molecule has 154 valence electrons. The highest BCUT2D eigenvalue weighted by molar-refractivity contribution is 5.84. The van der Waals surface area contributed by atoms with E-state index in [0.717, 1.165) is 41.7 Å². The van der Waals surface area contributed by atoms with Crippen molar-refractivity contribution >= 4 is 17.1 Å². The third-order valence-electron chi connectivity index (χ3n) is 6.46. The van der Waals surface area contributed by atoms with E-state index in [1.165, 1.54) is 11.3 Å². The molecule has 3 aliphatic heterocycles. The lowest BCUT2D eigenvalue weighted by atomic mass is 9.73. The highest BCUT2D eigenvalue weighted by Crippen LogP contribution is 2.36. The summed E-state index contributed by atoms with van der Waals surface area (Å²) in [7, 11) is 1.65. The van der Waals surface area contributed by atoms with Crippen LogP contribution in [0.3, 0.4) is 0 Å². The summed E-state index contributed by atoms with van der Waals surface area (Å²) in [6.45, 7) is 8.23. The van der Waals surface area contributed by atoms with Gasteiger partial charge < -0.3 is 19.1 Å². The number of ether oxygens (including phenoxy) is 3. The number of nitrogens with zero attached hydrogens (tertiary/aromatic N) is 1. The molecule has 1 N–H and O–H groups in total. The summed E-state index contributed by atoms with van der Waals surface area (Å²) in [6, 6.07) is 7.95. The molecule has 3 saturated heterocycles. The number of pyridine rings is 1. The number of benzene rings is 1. The number of aromatic nitrogens is 1. The van der Waals surface area contributed by atoms with Gasteiger partial charge in [-0.25, -0.2) is 4.79 Å². The summed E-state index contributed by atoms with van der Waals surface area (Å²) >= 11 is 0. The van der Waals surface area contributed by atoms with Crippen LogP contribution >= 0.6 is 0 Å². The van der Waals surface area contributed by atoms with Gasteiger partial charge in [-0.15, -0.1) is 6.58 Å². The number of carbonyl (C=O) groups is 1. The molecule has 6 nitrogen and oxygen atoms in total. The van der Waals surface area contributed by atoms with Crippen LogP contribution in [0.2, 0.25) is 0 Å². The minimum absolute atomic E-state index is 0.186. The number of quaternary nitrogens is 1. The van der Waals surface area contributed by atoms with Crippen molar-refractivity contribution in [1.29, 1.82) is 0 Å². The topological polar surface area (TPSA) is 62.1 Å². The van der Waals surface area contributed by atoms with Gasteiger partial charge in [-0.1, -0.05) is 6.08 Å². The van der Waals surface area contributed by atoms with Gasteiger partial charge in [-0.3, -0.25) is 4.98 Å². The van der Waals surface area contributed by atoms with Gasteiger partial charge in [-0.05, 0) is 37.1 Å². The van der Waals surface area contributed by atoms with Crippen molar-refractivity contribution in [3.63, 3.8) is 0 Å². The second-order valence-corrected chi connectivity index (χ2v) is 7.91. The fourth-order valence-electron chi connectivity index (χ4n) is 5.03. The monoisotopic (exact) mass is 397 g/mol. The van der Waals surface area contributed by atoms with Crippen molar-refractivity contribution in [2.45, 2.75) is 31.9 Å². The van der Waals surface area contributed by atoms with Gasteiger partial charge in [0.2, 0.25) is 0 Å². The van der Waals surface area contributed by atoms with E-state index in [0.29, 0.717) is 18.4 Å². The van der Waals surface area contributed by atoms with Crippen LogP contribution < -0.4 is 9.64 Å². The van der Waals surface area contributed by atoms with Crippen molar-refractivity contribution < 1.29 is 23.9 Å². The van der Waals surface area contributed by atoms with Crippen molar-refractivity contribution in [3.8, 4) is 5.75 Å². The lowest BCUT2D eigenvalue weighted by Crippen LogP contribution is -3.20. The number of methoxy groups -OCH3 is 1. The average molecular weight is 397 g/mol. The molecule has 3 fully saturated rings. The molecule has 1 unspecified atom stereocenters. The zero-order valence-electron chi connectivity index (χ0n) is 17.1. The Labute approximate surface area is 171 Å². The van der Waals surface area contributed by atoms with Gasteiger partial charge in [0.05, 0.1) is 32.3 Å². The minimum Gasteiger partial charge on any atom is -0.497 e. The Hall–Kier alpha value is -2.60. The Bertz CT molecular complexity index is 900. The molecule has 6 heteroatoms. The molecule has 1 aromatic carbocycles. The highest BCUT2D eigenvalue weighted by atomic mass is 16.7. The maximum Gasteiger partial charge on any atom is 0.509 e. The van der Waals surface area contributed by atoms with Crippen LogP contribution in [0.4, 0.5) is 4.79 Å². The first kappa shape index (κ1) is 19.7. The smallest absolute Gasteiger partial charge is 0.497 e. The number of hydrogen-bond donors (Lipinski definition) is 1. The number of carbonyl (C=O) groups excluding carboxylic acids is 1. The van der Waals surface area contributed by atoms with Gasteiger partial charge in [0.15, 0.2) is 6.10 Å². The zero-order chi connectivity index (χ0) is 20.4. The van der Waals surface area contributed by atoms with Crippen LogP contribution in [0, 0.1) is 11.8 Å². The van der Waals surface area contributed by atoms with Gasteiger partial charge in [0.1, 0.15) is 11.8 Å². The Morgan fingerprint density at radius 1 is 1.41 bits per heavy atom. The summed E-state index contributed by atoms with van der Waals surface area (Å²) < 4.78 is 16.5. The molecular formula is C23H29N2O4+. The van der Waals surface area contributed by atoms with E-state index in [2.05, 4.69) is 17.6 Å². The van der Waals surface area contributed by atoms with Crippen LogP contribution in [0.15, 0.2) is 43.1 Å². The van der Waals surface area contributed by atoms with E-state index >= 15 is 0 Å². The molecule has 1 aromatic heterocycles. The Kier molecular flexibility index (Phi) is 5.72. The number of nitrogens with one attached hydrogen (secondary N) is 1. The van der Waals surface area contributed by atoms with Crippen LogP contribution in [0.25, 0.3) is 10.9 Å². The predicted octanol–water partition coefficient (Wildman–Crippen LogP) is 2.94. The summed E-state index contributed by atoms with van der Waals surface area (Å²) in [5.74, 6) is 1.88. The minimum atomic E-state index is -0.618. The largest absolute Gasteiger partial charge is 0.509 e. The summed E-state index contributed by atoms with van der Waals surface area (Å²) in [4.78, 5) is 18.3. The molecule has 0 saturated carbocycles. The molecule has 0 radical (unpaired) electrons. The van der Waals surface area contributed by atoms with Crippen LogP contribution in [0.1, 0.15) is 31.4 Å². The van der Waals surface area contributed by atoms with Crippen LogP contribution in [-0.2, 0) is 9.47 Å². The second-order valence-electron chi connectivity index (χ2n) is 7.91. The van der Waals surface area contributed by atoms with Crippen LogP contribution in [0.5, 0.6) is 5.75 Å². The molecule has 5 atom stereocenters. The molecule has 2 aromatic rings. The molecule has 4 heterocycles. The SMILES string of the molecule is C=C[C@H]1C[NH+]2CC[C@H]1C[C@H]2[C@H](OC(=O)OCC)c1ccnc2ccc(OC)cc12. The summed E-state index contributed by atoms with van der Waals surface area (Å²) in [5.41, 5.74) is 1.82. The third kappa shape index (κ3) is 3.81. The number of rotatable bonds is 6. The molecule has 2 bridgehead atoms. The normalized spacial score (nSPS) is 26.7. The molecule has 0 spiro atoms. The first-order valence-corrected chi connectivity index (χ1v) is 10.4. The summed E-state index contributed by atoms with van der Waals surface area (Å²) in [6.07, 6.45) is 5.06. The van der Waals surface area contributed by atoms with E-state index in [1.54, 1.807) is 20.2 Å². The van der Waals surface area contributed by atoms with E-state index in [-0.39, 0.29) is 6.04 Å². The lowest BCUT2D eigenvalue weighted by Gasteiger charge is -2.48. The van der Waals surface area contributed by atoms with E-state index < -0.39 is 12.3 Å². The fraction of sp³-hybridized carbons (Fsp3) is 0.478. The maximum absolute atomic E-state index is 12.3. The lowest BCUT2D eigenvalue weighted by molar-refractivity contribution is -0.949. The number of piperidine rings is 3. The van der Waals surface area contributed by atoms with Crippen molar-refractivity contribution in [2.24, 2.45) is 11.8 Å². The maximum atomic E-state index is 12.3. The first-order chi connectivity index (χ1) is 14.1. The van der Waals surface area contributed by atoms with Gasteiger partial charge >= 0.3 is 6.16 Å². The molecular weight excluding hydrogens is 368 g/mol. The Morgan fingerprint density at radius 3 is 2.97 bits per heavy atom. The number of hydrogen-bond acceptors (Lipinski definition) is 5. The molecule has 5 rings (SSSR count). The summed E-state index contributed by atoms with van der Waals surface area (Å²) in [5, 5.41) is 0.948. The first-order valence-electron chi connectivity index (χ1n) is 10.4. The average Bonchev–Trinajstić information content (AvgIpc) is 2.77. The van der Waals surface area contributed by atoms with Gasteiger partial charge in [-0.2, -0.15) is 0 Å². The Balaban J connectivity index is 1.75. The molecule has 0 aliphatic carbocycles. The van der Waals surface area contributed by atoms with E-state index in [9.17, 15) is 4.79 Å². The Morgan fingerprint density at radius 2 is 2.28 bits per heavy atom.